The van der Waals surface area contributed by atoms with E-state index in [2.05, 4.69) is 5.32 Å². The number of alkyl halides is 3. The lowest BCUT2D eigenvalue weighted by Crippen LogP contribution is -2.26. The van der Waals surface area contributed by atoms with E-state index in [0.717, 1.165) is 39.9 Å². The fourth-order valence-electron chi connectivity index (χ4n) is 4.78. The zero-order valence-corrected chi connectivity index (χ0v) is 23.6. The van der Waals surface area contributed by atoms with Crippen LogP contribution in [0.5, 0.6) is 5.75 Å². The molecule has 6 nitrogen and oxygen atoms in total. The van der Waals surface area contributed by atoms with Gasteiger partial charge in [-0.3, -0.25) is 4.79 Å². The quantitative estimate of drug-likeness (QED) is 0.223. The lowest BCUT2D eigenvalue weighted by molar-refractivity contribution is -0.150. The Morgan fingerprint density at radius 1 is 1.00 bits per heavy atom. The summed E-state index contributed by atoms with van der Waals surface area (Å²) in [5.74, 6) is -0.168. The first kappa shape index (κ1) is 29.7. The number of hydrogen-bond donors (Lipinski definition) is 1. The molecule has 9 heteroatoms. The van der Waals surface area contributed by atoms with Crippen LogP contribution in [0, 0.1) is 6.92 Å². The third-order valence-corrected chi connectivity index (χ3v) is 7.18. The van der Waals surface area contributed by atoms with E-state index in [9.17, 15) is 22.8 Å². The van der Waals surface area contributed by atoms with Crippen molar-refractivity contribution in [2.24, 2.45) is 7.05 Å². The molecule has 0 saturated carbocycles. The van der Waals surface area contributed by atoms with E-state index in [4.69, 9.17) is 9.47 Å². The van der Waals surface area contributed by atoms with Crippen LogP contribution in [0.25, 0.3) is 10.9 Å². The van der Waals surface area contributed by atoms with Gasteiger partial charge in [0.25, 0.3) is 5.91 Å². The minimum atomic E-state index is -4.41. The summed E-state index contributed by atoms with van der Waals surface area (Å²) in [6, 6.07) is 17.4. The van der Waals surface area contributed by atoms with Crippen molar-refractivity contribution in [2.45, 2.75) is 52.4 Å². The molecule has 0 saturated heterocycles. The summed E-state index contributed by atoms with van der Waals surface area (Å²) in [4.78, 5) is 25.0. The number of carbonyl (C=O) groups is 2. The van der Waals surface area contributed by atoms with Gasteiger partial charge in [-0.1, -0.05) is 30.3 Å². The van der Waals surface area contributed by atoms with Crippen LogP contribution in [0.2, 0.25) is 0 Å². The number of aromatic nitrogens is 1. The summed E-state index contributed by atoms with van der Waals surface area (Å²) >= 11 is 0. The molecule has 3 aromatic carbocycles. The maximum absolute atomic E-state index is 13.1. The smallest absolute Gasteiger partial charge is 0.416 e. The van der Waals surface area contributed by atoms with Crippen molar-refractivity contribution < 1.29 is 32.2 Å². The lowest BCUT2D eigenvalue weighted by Gasteiger charge is -2.16. The van der Waals surface area contributed by atoms with Crippen molar-refractivity contribution >= 4 is 22.8 Å². The molecule has 0 aliphatic rings. The Kier molecular flexibility index (Phi) is 8.75. The van der Waals surface area contributed by atoms with Crippen LogP contribution in [0.1, 0.15) is 65.1 Å². The second-order valence-electron chi connectivity index (χ2n) is 10.0. The maximum atomic E-state index is 13.1. The predicted octanol–water partition coefficient (Wildman–Crippen LogP) is 6.92. The van der Waals surface area contributed by atoms with Crippen molar-refractivity contribution in [1.29, 1.82) is 0 Å². The second-order valence-corrected chi connectivity index (χ2v) is 10.0. The van der Waals surface area contributed by atoms with E-state index in [0.29, 0.717) is 23.3 Å². The number of halogens is 3. The van der Waals surface area contributed by atoms with E-state index < -0.39 is 29.9 Å². The third-order valence-electron chi connectivity index (χ3n) is 7.18. The number of hydrogen-bond acceptors (Lipinski definition) is 4. The van der Waals surface area contributed by atoms with Gasteiger partial charge in [0.1, 0.15) is 5.75 Å². The summed E-state index contributed by atoms with van der Waals surface area (Å²) in [6.07, 6.45) is -4.52. The lowest BCUT2D eigenvalue weighted by atomic mass is 10.0. The first-order valence-corrected chi connectivity index (χ1v) is 13.4. The summed E-state index contributed by atoms with van der Waals surface area (Å²) < 4.78 is 51.5. The summed E-state index contributed by atoms with van der Waals surface area (Å²) in [7, 11) is 1.94. The van der Waals surface area contributed by atoms with Gasteiger partial charge < -0.3 is 19.4 Å². The second kappa shape index (κ2) is 12.1. The van der Waals surface area contributed by atoms with Crippen LogP contribution < -0.4 is 10.1 Å². The molecular weight excluding hydrogens is 533 g/mol. The number of rotatable bonds is 9. The molecule has 1 aromatic heterocycles. The average Bonchev–Trinajstić information content (AvgIpc) is 3.17. The standard InChI is InChI=1S/C32H33F3N2O4/c1-6-40-31(39)21(4)41-26-9-7-8-22(16-26)17-28-20(3)37(5)29-18-24(12-15-27(28)29)30(38)36-19(2)23-10-13-25(14-11-23)32(33,34)35/h7-16,18-19,21H,6,17H2,1-5H3,(H,36,38)/t19-,21?/m0/s1. The SMILES string of the molecule is CCOC(=O)C(C)Oc1cccc(Cc2c(C)n(C)c3cc(C(=O)N[C@@H](C)c4ccc(C(F)(F)F)cc4)ccc23)c1. The van der Waals surface area contributed by atoms with Gasteiger partial charge in [0.2, 0.25) is 0 Å². The number of carbonyl (C=O) groups excluding carboxylic acids is 2. The van der Waals surface area contributed by atoms with Gasteiger partial charge in [-0.2, -0.15) is 13.2 Å². The highest BCUT2D eigenvalue weighted by atomic mass is 19.4. The van der Waals surface area contributed by atoms with Gasteiger partial charge in [-0.05, 0) is 87.2 Å². The molecule has 2 atom stereocenters. The molecule has 4 rings (SSSR count). The first-order valence-electron chi connectivity index (χ1n) is 13.4. The van der Waals surface area contributed by atoms with Crippen LogP contribution in [0.15, 0.2) is 66.7 Å². The minimum absolute atomic E-state index is 0.286. The van der Waals surface area contributed by atoms with Crippen molar-refractivity contribution in [3.8, 4) is 5.75 Å². The number of amides is 1. The molecule has 4 aromatic rings. The van der Waals surface area contributed by atoms with Crippen molar-refractivity contribution in [3.63, 3.8) is 0 Å². The van der Waals surface area contributed by atoms with Crippen molar-refractivity contribution in [3.05, 3.63) is 100 Å². The normalized spacial score (nSPS) is 13.1. The highest BCUT2D eigenvalue weighted by molar-refractivity contribution is 5.99. The van der Waals surface area contributed by atoms with Gasteiger partial charge in [0.05, 0.1) is 18.2 Å². The highest BCUT2D eigenvalue weighted by Crippen LogP contribution is 2.31. The van der Waals surface area contributed by atoms with Crippen molar-refractivity contribution in [1.82, 2.24) is 9.88 Å². The number of ether oxygens (including phenoxy) is 2. The van der Waals surface area contributed by atoms with Gasteiger partial charge >= 0.3 is 12.1 Å². The molecule has 1 heterocycles. The van der Waals surface area contributed by atoms with E-state index in [-0.39, 0.29) is 12.5 Å². The van der Waals surface area contributed by atoms with Crippen LogP contribution in [0.3, 0.4) is 0 Å². The summed E-state index contributed by atoms with van der Waals surface area (Å²) in [5, 5.41) is 3.88. The molecule has 0 bridgehead atoms. The fraction of sp³-hybridized carbons (Fsp3) is 0.312. The average molecular weight is 567 g/mol. The summed E-state index contributed by atoms with van der Waals surface area (Å²) in [6.45, 7) is 7.43. The Labute approximate surface area is 237 Å². The Hall–Kier alpha value is -4.27. The molecule has 0 spiro atoms. The topological polar surface area (TPSA) is 69.6 Å². The number of fused-ring (bicyclic) bond motifs is 1. The zero-order chi connectivity index (χ0) is 29.9. The fourth-order valence-corrected chi connectivity index (χ4v) is 4.78. The van der Waals surface area contributed by atoms with Gasteiger partial charge in [0, 0.05) is 29.2 Å². The van der Waals surface area contributed by atoms with Crippen LogP contribution in [-0.2, 0) is 29.2 Å². The van der Waals surface area contributed by atoms with E-state index >= 15 is 0 Å². The molecule has 0 aliphatic heterocycles. The molecule has 216 valence electrons. The van der Waals surface area contributed by atoms with Crippen molar-refractivity contribution in [2.75, 3.05) is 6.61 Å². The first-order chi connectivity index (χ1) is 19.4. The number of benzene rings is 3. The van der Waals surface area contributed by atoms with Gasteiger partial charge in [-0.15, -0.1) is 0 Å². The molecule has 1 amide bonds. The zero-order valence-electron chi connectivity index (χ0n) is 23.6. The van der Waals surface area contributed by atoms with Gasteiger partial charge in [0.15, 0.2) is 6.10 Å². The van der Waals surface area contributed by atoms with E-state index in [1.54, 1.807) is 32.9 Å². The van der Waals surface area contributed by atoms with Crippen LogP contribution in [-0.4, -0.2) is 29.2 Å². The number of aryl methyl sites for hydroxylation is 1. The molecule has 0 radical (unpaired) electrons. The Balaban J connectivity index is 1.51. The van der Waals surface area contributed by atoms with Crippen LogP contribution in [0.4, 0.5) is 13.2 Å². The Bertz CT molecular complexity index is 1560. The monoisotopic (exact) mass is 566 g/mol. The molecule has 1 N–H and O–H groups in total. The molecule has 0 aliphatic carbocycles. The van der Waals surface area contributed by atoms with E-state index in [1.165, 1.54) is 12.1 Å². The minimum Gasteiger partial charge on any atom is -0.479 e. The third kappa shape index (κ3) is 6.73. The highest BCUT2D eigenvalue weighted by Gasteiger charge is 2.30. The Morgan fingerprint density at radius 2 is 1.71 bits per heavy atom. The maximum Gasteiger partial charge on any atom is 0.416 e. The number of nitrogens with zero attached hydrogens (tertiary/aromatic N) is 1. The van der Waals surface area contributed by atoms with Crippen LogP contribution >= 0.6 is 0 Å². The number of esters is 1. The number of nitrogens with one attached hydrogen (secondary N) is 1. The van der Waals surface area contributed by atoms with E-state index in [1.807, 2.05) is 48.9 Å². The Morgan fingerprint density at radius 3 is 2.37 bits per heavy atom. The molecule has 0 fully saturated rings. The van der Waals surface area contributed by atoms with Gasteiger partial charge in [-0.25, -0.2) is 4.79 Å². The molecular formula is C32H33F3N2O4. The largest absolute Gasteiger partial charge is 0.479 e. The molecule has 1 unspecified atom stereocenters. The summed E-state index contributed by atoms with van der Waals surface area (Å²) in [5.41, 5.74) is 4.33. The molecule has 41 heavy (non-hydrogen) atoms. The predicted molar refractivity (Wildman–Crippen MR) is 151 cm³/mol.